The molecule has 0 spiro atoms. The number of thioether (sulfide) groups is 1. The minimum absolute atomic E-state index is 0.184. The van der Waals surface area contributed by atoms with E-state index in [9.17, 15) is 0 Å². The van der Waals surface area contributed by atoms with Crippen molar-refractivity contribution in [2.45, 2.75) is 89.3 Å². The van der Waals surface area contributed by atoms with E-state index in [0.717, 1.165) is 35.8 Å². The topological polar surface area (TPSA) is 22.1 Å². The van der Waals surface area contributed by atoms with Crippen LogP contribution in [0.1, 0.15) is 46.5 Å². The van der Waals surface area contributed by atoms with Crippen molar-refractivity contribution in [1.82, 2.24) is 4.98 Å². The molecule has 2 nitrogen and oxygen atoms in total. The van der Waals surface area contributed by atoms with Gasteiger partial charge in [-0.1, -0.05) is 46.5 Å². The Morgan fingerprint density at radius 1 is 1.15 bits per heavy atom. The Bertz CT molecular complexity index is 662. The maximum Gasteiger partial charge on any atom is 0.251 e. The Morgan fingerprint density at radius 2 is 1.85 bits per heavy atom. The second-order valence-corrected chi connectivity index (χ2v) is 20.0. The molecule has 0 aliphatic carbocycles. The number of unbranched alkanes of at least 4 members (excludes halogenated alkanes) is 3. The van der Waals surface area contributed by atoms with Crippen molar-refractivity contribution in [2.24, 2.45) is 0 Å². The summed E-state index contributed by atoms with van der Waals surface area (Å²) in [5, 5.41) is 2.18. The molecule has 0 aliphatic heterocycles. The molecule has 0 aliphatic rings. The van der Waals surface area contributed by atoms with Gasteiger partial charge in [0.2, 0.25) is 0 Å². The summed E-state index contributed by atoms with van der Waals surface area (Å²) in [6, 6.07) is 6.01. The molecule has 27 heavy (non-hydrogen) atoms. The molecule has 1 aromatic rings. The predicted octanol–water partition coefficient (Wildman–Crippen LogP) is 7.48. The zero-order valence-electron chi connectivity index (χ0n) is 18.5. The van der Waals surface area contributed by atoms with Crippen molar-refractivity contribution < 1.29 is 4.43 Å². The summed E-state index contributed by atoms with van der Waals surface area (Å²) in [5.41, 5.74) is 3.44. The molecule has 150 valence electrons. The van der Waals surface area contributed by atoms with Gasteiger partial charge in [-0.3, -0.25) is 0 Å². The summed E-state index contributed by atoms with van der Waals surface area (Å²) in [6.07, 6.45) is 8.42. The van der Waals surface area contributed by atoms with E-state index in [-0.39, 0.29) is 5.04 Å². The molecule has 1 heterocycles. The van der Waals surface area contributed by atoms with E-state index in [1.54, 1.807) is 11.8 Å². The van der Waals surface area contributed by atoms with Crippen molar-refractivity contribution in [2.75, 3.05) is 0 Å². The fraction of sp³-hybridized carbons (Fsp3) is 0.591. The first-order valence-corrected chi connectivity index (χ1v) is 17.1. The lowest BCUT2D eigenvalue weighted by molar-refractivity contribution is 0.415. The minimum atomic E-state index is -1.86. The van der Waals surface area contributed by atoms with Gasteiger partial charge in [0.1, 0.15) is 18.2 Å². The summed E-state index contributed by atoms with van der Waals surface area (Å²) in [5.74, 6) is 3.36. The van der Waals surface area contributed by atoms with Crippen LogP contribution in [0.3, 0.4) is 0 Å². The second-order valence-electron chi connectivity index (χ2n) is 9.45. The molecule has 0 N–H and O–H groups in total. The third-order valence-corrected chi connectivity index (χ3v) is 10.9. The molecule has 0 unspecified atom stereocenters. The molecule has 5 heteroatoms. The quantitative estimate of drug-likeness (QED) is 0.143. The van der Waals surface area contributed by atoms with Crippen LogP contribution in [0, 0.1) is 11.5 Å². The lowest BCUT2D eigenvalue weighted by Crippen LogP contribution is -2.40. The maximum absolute atomic E-state index is 6.58. The number of rotatable bonds is 8. The van der Waals surface area contributed by atoms with Crippen LogP contribution in [-0.2, 0) is 4.43 Å². The Morgan fingerprint density at radius 3 is 2.41 bits per heavy atom. The minimum Gasteiger partial charge on any atom is -0.539 e. The van der Waals surface area contributed by atoms with E-state index in [0.29, 0.717) is 0 Å². The van der Waals surface area contributed by atoms with E-state index in [1.807, 2.05) is 24.4 Å². The van der Waals surface area contributed by atoms with Crippen molar-refractivity contribution in [3.05, 3.63) is 35.6 Å². The van der Waals surface area contributed by atoms with Gasteiger partial charge in [-0.15, -0.1) is 11.5 Å². The van der Waals surface area contributed by atoms with Gasteiger partial charge in [0.15, 0.2) is 0 Å². The number of hydrogen-bond acceptors (Lipinski definition) is 3. The smallest absolute Gasteiger partial charge is 0.251 e. The van der Waals surface area contributed by atoms with Crippen LogP contribution < -0.4 is 0 Å². The molecule has 1 rings (SSSR count). The molecule has 0 bridgehead atoms. The van der Waals surface area contributed by atoms with Crippen LogP contribution >= 0.6 is 11.8 Å². The number of hydrogen-bond donors (Lipinski definition) is 0. The summed E-state index contributed by atoms with van der Waals surface area (Å²) in [6.45, 7) is 18.3. The summed E-state index contributed by atoms with van der Waals surface area (Å²) < 4.78 is 6.58. The van der Waals surface area contributed by atoms with Crippen molar-refractivity contribution in [3.8, 4) is 11.5 Å². The first-order valence-electron chi connectivity index (χ1n) is 9.89. The van der Waals surface area contributed by atoms with E-state index in [4.69, 9.17) is 4.43 Å². The fourth-order valence-corrected chi connectivity index (χ4v) is 4.93. The van der Waals surface area contributed by atoms with Crippen molar-refractivity contribution in [1.29, 1.82) is 0 Å². The summed E-state index contributed by atoms with van der Waals surface area (Å²) in [7, 11) is -3.09. The van der Waals surface area contributed by atoms with Crippen LogP contribution in [0.5, 0.6) is 0 Å². The first kappa shape index (κ1) is 24.1. The van der Waals surface area contributed by atoms with Crippen LogP contribution in [0.4, 0.5) is 0 Å². The molecule has 1 aromatic heterocycles. The standard InChI is InChI=1S/C22H37NOSSi2/c1-22(2,3)27(7,8)24-21(25-20-16-13-14-18-23-20)17-12-10-9-11-15-19-26(4,5)6/h13-14,16-18H,9-12H2,1-8H3/b21-17+. The fourth-order valence-electron chi connectivity index (χ4n) is 1.92. The van der Waals surface area contributed by atoms with Crippen molar-refractivity contribution >= 4 is 28.2 Å². The van der Waals surface area contributed by atoms with Gasteiger partial charge in [-0.05, 0) is 67.4 Å². The highest BCUT2D eigenvalue weighted by Gasteiger charge is 2.39. The molecule has 0 saturated carbocycles. The van der Waals surface area contributed by atoms with Gasteiger partial charge < -0.3 is 4.43 Å². The second kappa shape index (κ2) is 10.5. The van der Waals surface area contributed by atoms with E-state index >= 15 is 0 Å². The highest BCUT2D eigenvalue weighted by Crippen LogP contribution is 2.40. The predicted molar refractivity (Wildman–Crippen MR) is 126 cm³/mol. The molecule has 0 fully saturated rings. The normalized spacial score (nSPS) is 13.1. The van der Waals surface area contributed by atoms with Crippen molar-refractivity contribution in [3.63, 3.8) is 0 Å². The van der Waals surface area contributed by atoms with Crippen LogP contribution in [0.2, 0.25) is 37.8 Å². The third-order valence-electron chi connectivity index (χ3n) is 4.54. The monoisotopic (exact) mass is 419 g/mol. The highest BCUT2D eigenvalue weighted by molar-refractivity contribution is 8.02. The van der Waals surface area contributed by atoms with Gasteiger partial charge in [0, 0.05) is 12.6 Å². The van der Waals surface area contributed by atoms with Gasteiger partial charge >= 0.3 is 0 Å². The van der Waals surface area contributed by atoms with Crippen LogP contribution in [0.15, 0.2) is 40.6 Å². The molecule has 0 saturated heterocycles. The number of allylic oxidation sites excluding steroid dienone is 1. The zero-order valence-corrected chi connectivity index (χ0v) is 21.3. The Hall–Kier alpha value is -0.966. The first-order chi connectivity index (χ1) is 12.4. The van der Waals surface area contributed by atoms with Gasteiger partial charge in [-0.2, -0.15) is 0 Å². The van der Waals surface area contributed by atoms with Gasteiger partial charge in [0.05, 0.1) is 0 Å². The summed E-state index contributed by atoms with van der Waals surface area (Å²) in [4.78, 5) is 4.45. The molecule has 0 radical (unpaired) electrons. The lowest BCUT2D eigenvalue weighted by Gasteiger charge is -2.37. The zero-order chi connectivity index (χ0) is 20.6. The molecule has 0 atom stereocenters. The average Bonchev–Trinajstić information content (AvgIpc) is 2.52. The Balaban J connectivity index is 2.70. The number of pyridine rings is 1. The molecule has 0 amide bonds. The Kier molecular flexibility index (Phi) is 9.40. The van der Waals surface area contributed by atoms with Crippen LogP contribution in [0.25, 0.3) is 0 Å². The molecular formula is C22H37NOSSi2. The highest BCUT2D eigenvalue weighted by atomic mass is 32.2. The Labute approximate surface area is 173 Å². The van der Waals surface area contributed by atoms with Gasteiger partial charge in [-0.25, -0.2) is 4.98 Å². The van der Waals surface area contributed by atoms with E-state index in [2.05, 4.69) is 76.0 Å². The van der Waals surface area contributed by atoms with Gasteiger partial charge in [0.25, 0.3) is 8.32 Å². The summed E-state index contributed by atoms with van der Waals surface area (Å²) >= 11 is 1.64. The lowest BCUT2D eigenvalue weighted by atomic mass is 10.2. The molecular weight excluding hydrogens is 382 g/mol. The van der Waals surface area contributed by atoms with E-state index in [1.165, 1.54) is 0 Å². The number of aromatic nitrogens is 1. The van der Waals surface area contributed by atoms with Crippen LogP contribution in [-0.4, -0.2) is 21.4 Å². The third kappa shape index (κ3) is 10.2. The molecule has 0 aromatic carbocycles. The van der Waals surface area contributed by atoms with E-state index < -0.39 is 16.4 Å². The average molecular weight is 420 g/mol. The SMILES string of the molecule is CC(C)(C)[Si](C)(C)O/C(=C\CCCCC#C[Si](C)(C)C)Sc1ccccn1. The number of nitrogens with zero attached hydrogens (tertiary/aromatic N) is 1. The largest absolute Gasteiger partial charge is 0.539 e. The maximum atomic E-state index is 6.58.